The van der Waals surface area contributed by atoms with E-state index in [1.165, 1.54) is 0 Å². The zero-order chi connectivity index (χ0) is 18.5. The van der Waals surface area contributed by atoms with Gasteiger partial charge in [0.15, 0.2) is 5.82 Å². The van der Waals surface area contributed by atoms with Gasteiger partial charge in [-0.1, -0.05) is 25.4 Å². The smallest absolute Gasteiger partial charge is 0.165 e. The summed E-state index contributed by atoms with van der Waals surface area (Å²) in [6.07, 6.45) is 7.03. The molecule has 0 aliphatic heterocycles. The predicted octanol–water partition coefficient (Wildman–Crippen LogP) is 4.44. The first kappa shape index (κ1) is 18.1. The number of aromatic nitrogens is 4. The van der Waals surface area contributed by atoms with Crippen molar-refractivity contribution in [1.82, 2.24) is 19.9 Å². The number of anilines is 2. The van der Waals surface area contributed by atoms with Crippen LogP contribution in [0.15, 0.2) is 42.9 Å². The second-order valence-electron chi connectivity index (χ2n) is 5.91. The van der Waals surface area contributed by atoms with E-state index in [4.69, 9.17) is 17.3 Å². The van der Waals surface area contributed by atoms with Gasteiger partial charge in [0, 0.05) is 35.9 Å². The zero-order valence-corrected chi connectivity index (χ0v) is 15.5. The van der Waals surface area contributed by atoms with Gasteiger partial charge in [-0.25, -0.2) is 19.9 Å². The molecule has 0 aliphatic carbocycles. The van der Waals surface area contributed by atoms with Gasteiger partial charge in [0.1, 0.15) is 11.0 Å². The second kappa shape index (κ2) is 8.10. The van der Waals surface area contributed by atoms with Crippen LogP contribution in [0.5, 0.6) is 0 Å². The quantitative estimate of drug-likeness (QED) is 0.625. The van der Waals surface area contributed by atoms with Gasteiger partial charge >= 0.3 is 0 Å². The molecule has 3 aromatic rings. The summed E-state index contributed by atoms with van der Waals surface area (Å²) in [4.78, 5) is 17.6. The highest BCUT2D eigenvalue weighted by molar-refractivity contribution is 6.29. The van der Waals surface area contributed by atoms with Gasteiger partial charge in [-0.05, 0) is 37.1 Å². The molecule has 0 bridgehead atoms. The van der Waals surface area contributed by atoms with Gasteiger partial charge in [0.25, 0.3) is 0 Å². The normalized spacial score (nSPS) is 10.9. The maximum atomic E-state index is 6.23. The summed E-state index contributed by atoms with van der Waals surface area (Å²) in [5.74, 6) is 1.22. The molecule has 0 aromatic carbocycles. The maximum absolute atomic E-state index is 6.23. The number of hydrogen-bond acceptors (Lipinski definition) is 6. The van der Waals surface area contributed by atoms with E-state index in [9.17, 15) is 0 Å². The number of halogens is 1. The summed E-state index contributed by atoms with van der Waals surface area (Å²) in [6.45, 7) is 4.27. The molecular formula is C19H21ClN6. The van der Waals surface area contributed by atoms with Crippen molar-refractivity contribution in [2.24, 2.45) is 0 Å². The summed E-state index contributed by atoms with van der Waals surface area (Å²) in [5, 5.41) is 3.87. The van der Waals surface area contributed by atoms with Crippen molar-refractivity contribution in [2.75, 3.05) is 11.1 Å². The van der Waals surface area contributed by atoms with E-state index in [0.29, 0.717) is 34.1 Å². The number of nitrogen functional groups attached to an aromatic ring is 1. The monoisotopic (exact) mass is 368 g/mol. The van der Waals surface area contributed by atoms with Gasteiger partial charge in [-0.3, -0.25) is 0 Å². The van der Waals surface area contributed by atoms with Crippen molar-refractivity contribution in [2.45, 2.75) is 32.7 Å². The number of nitrogens with two attached hydrogens (primary N) is 1. The molecule has 0 fully saturated rings. The van der Waals surface area contributed by atoms with Gasteiger partial charge < -0.3 is 11.1 Å². The molecule has 6 nitrogen and oxygen atoms in total. The van der Waals surface area contributed by atoms with Gasteiger partial charge in [0.2, 0.25) is 0 Å². The fourth-order valence-corrected chi connectivity index (χ4v) is 2.88. The number of hydrogen-bond donors (Lipinski definition) is 2. The van der Waals surface area contributed by atoms with Crippen LogP contribution in [-0.2, 0) is 0 Å². The highest BCUT2D eigenvalue weighted by Crippen LogP contribution is 2.31. The van der Waals surface area contributed by atoms with Crippen molar-refractivity contribution >= 4 is 23.1 Å². The molecule has 0 saturated carbocycles. The van der Waals surface area contributed by atoms with Crippen LogP contribution in [0.1, 0.15) is 26.7 Å². The molecular weight excluding hydrogens is 348 g/mol. The van der Waals surface area contributed by atoms with Gasteiger partial charge in [-0.2, -0.15) is 0 Å². The molecule has 7 heteroatoms. The SMILES string of the molecule is CCC(CC)Nc1nccc(N)c1-c1nccc(-c2ccnc(Cl)c2)n1. The molecule has 3 heterocycles. The number of rotatable bonds is 6. The van der Waals surface area contributed by atoms with Crippen molar-refractivity contribution in [1.29, 1.82) is 0 Å². The Morgan fingerprint density at radius 3 is 2.50 bits per heavy atom. The van der Waals surface area contributed by atoms with Crippen LogP contribution in [0.2, 0.25) is 5.15 Å². The highest BCUT2D eigenvalue weighted by atomic mass is 35.5. The number of nitrogens with zero attached hydrogens (tertiary/aromatic N) is 4. The van der Waals surface area contributed by atoms with E-state index in [1.807, 2.05) is 12.1 Å². The van der Waals surface area contributed by atoms with E-state index in [-0.39, 0.29) is 0 Å². The van der Waals surface area contributed by atoms with Crippen molar-refractivity contribution in [3.05, 3.63) is 48.0 Å². The Labute approximate surface area is 157 Å². The van der Waals surface area contributed by atoms with Gasteiger partial charge in [-0.15, -0.1) is 0 Å². The average Bonchev–Trinajstić information content (AvgIpc) is 2.66. The fraction of sp³-hybridized carbons (Fsp3) is 0.263. The van der Waals surface area contributed by atoms with Crippen LogP contribution in [0.4, 0.5) is 11.5 Å². The largest absolute Gasteiger partial charge is 0.398 e. The minimum absolute atomic E-state index is 0.310. The van der Waals surface area contributed by atoms with E-state index < -0.39 is 0 Å². The Balaban J connectivity index is 2.05. The van der Waals surface area contributed by atoms with Crippen molar-refractivity contribution in [3.63, 3.8) is 0 Å². The standard InChI is InChI=1S/C19H21ClN6/c1-3-13(4-2)25-18-17(14(21)6-9-23-18)19-24-10-7-15(26-19)12-5-8-22-16(20)11-12/h5-11,13H,3-4H2,1-2H3,(H3,21,23,25). The van der Waals surface area contributed by atoms with Crippen LogP contribution in [0, 0.1) is 0 Å². The van der Waals surface area contributed by atoms with Crippen LogP contribution >= 0.6 is 11.6 Å². The molecule has 3 aromatic heterocycles. The van der Waals surface area contributed by atoms with Crippen LogP contribution < -0.4 is 11.1 Å². The third-order valence-electron chi connectivity index (χ3n) is 4.21. The van der Waals surface area contributed by atoms with E-state index in [1.54, 1.807) is 30.7 Å². The van der Waals surface area contributed by atoms with Crippen LogP contribution in [0.3, 0.4) is 0 Å². The second-order valence-corrected chi connectivity index (χ2v) is 6.30. The fourth-order valence-electron chi connectivity index (χ4n) is 2.71. The summed E-state index contributed by atoms with van der Waals surface area (Å²) in [7, 11) is 0. The summed E-state index contributed by atoms with van der Waals surface area (Å²) < 4.78 is 0. The lowest BCUT2D eigenvalue weighted by molar-refractivity contribution is 0.669. The van der Waals surface area contributed by atoms with Crippen molar-refractivity contribution in [3.8, 4) is 22.6 Å². The molecule has 0 unspecified atom stereocenters. The molecule has 134 valence electrons. The third-order valence-corrected chi connectivity index (χ3v) is 4.42. The van der Waals surface area contributed by atoms with Crippen LogP contribution in [-0.4, -0.2) is 26.0 Å². The van der Waals surface area contributed by atoms with Gasteiger partial charge in [0.05, 0.1) is 11.3 Å². The Bertz CT molecular complexity index is 895. The average molecular weight is 369 g/mol. The Morgan fingerprint density at radius 2 is 1.77 bits per heavy atom. The number of nitrogens with one attached hydrogen (secondary N) is 1. The Morgan fingerprint density at radius 1 is 1.04 bits per heavy atom. The van der Waals surface area contributed by atoms with E-state index in [2.05, 4.69) is 39.1 Å². The lowest BCUT2D eigenvalue weighted by atomic mass is 10.1. The lowest BCUT2D eigenvalue weighted by Crippen LogP contribution is -2.19. The molecule has 0 saturated heterocycles. The van der Waals surface area contributed by atoms with E-state index in [0.717, 1.165) is 24.1 Å². The molecule has 0 amide bonds. The van der Waals surface area contributed by atoms with Crippen LogP contribution in [0.25, 0.3) is 22.6 Å². The molecule has 3 rings (SSSR count). The first-order chi connectivity index (χ1) is 12.6. The molecule has 26 heavy (non-hydrogen) atoms. The summed E-state index contributed by atoms with van der Waals surface area (Å²) in [5.41, 5.74) is 9.14. The first-order valence-corrected chi connectivity index (χ1v) is 8.96. The Kier molecular flexibility index (Phi) is 5.63. The van der Waals surface area contributed by atoms with Crippen molar-refractivity contribution < 1.29 is 0 Å². The topological polar surface area (TPSA) is 89.6 Å². The minimum Gasteiger partial charge on any atom is -0.398 e. The van der Waals surface area contributed by atoms with E-state index >= 15 is 0 Å². The first-order valence-electron chi connectivity index (χ1n) is 8.58. The minimum atomic E-state index is 0.310. The highest BCUT2D eigenvalue weighted by Gasteiger charge is 2.16. The Hall–Kier alpha value is -2.73. The molecule has 3 N–H and O–H groups in total. The molecule has 0 spiro atoms. The molecule has 0 atom stereocenters. The zero-order valence-electron chi connectivity index (χ0n) is 14.8. The molecule has 0 radical (unpaired) electrons. The third kappa shape index (κ3) is 3.91. The predicted molar refractivity (Wildman–Crippen MR) is 106 cm³/mol. The summed E-state index contributed by atoms with van der Waals surface area (Å²) >= 11 is 6.00. The molecule has 0 aliphatic rings. The lowest BCUT2D eigenvalue weighted by Gasteiger charge is -2.18. The summed E-state index contributed by atoms with van der Waals surface area (Å²) in [6, 6.07) is 7.52. The maximum Gasteiger partial charge on any atom is 0.165 e. The number of pyridine rings is 2.